The molecular formula is C22H33N5O6S. The van der Waals surface area contributed by atoms with Crippen LogP contribution in [0, 0.1) is 0 Å². The molecule has 3 heterocycles. The lowest BCUT2D eigenvalue weighted by molar-refractivity contribution is -0.173. The summed E-state index contributed by atoms with van der Waals surface area (Å²) in [6.45, 7) is 8.34. The van der Waals surface area contributed by atoms with Crippen molar-refractivity contribution in [3.05, 3.63) is 0 Å². The molecule has 1 aliphatic heterocycles. The van der Waals surface area contributed by atoms with Crippen LogP contribution in [0.15, 0.2) is 5.16 Å². The molecule has 34 heavy (non-hydrogen) atoms. The lowest BCUT2D eigenvalue weighted by Crippen LogP contribution is -2.32. The number of methoxy groups -OCH3 is 1. The molecule has 1 saturated carbocycles. The molecule has 11 nitrogen and oxygen atoms in total. The first-order chi connectivity index (χ1) is 16.4. The smallest absolute Gasteiger partial charge is 0.331 e. The summed E-state index contributed by atoms with van der Waals surface area (Å²) in [6.07, 6.45) is 2.39. The van der Waals surface area contributed by atoms with E-state index in [1.54, 1.807) is 16.4 Å². The Hall–Kier alpha value is -2.02. The first kappa shape index (κ1) is 25.1. The number of unbranched alkanes of at least 4 members (excludes halogenated alkanes) is 1. The molecule has 1 aliphatic carbocycles. The van der Waals surface area contributed by atoms with Crippen molar-refractivity contribution in [3.8, 4) is 5.88 Å². The van der Waals surface area contributed by atoms with Crippen LogP contribution in [-0.2, 0) is 23.7 Å². The zero-order chi connectivity index (χ0) is 24.3. The number of esters is 1. The van der Waals surface area contributed by atoms with Crippen molar-refractivity contribution >= 4 is 28.9 Å². The molecule has 188 valence electrons. The van der Waals surface area contributed by atoms with E-state index in [2.05, 4.69) is 29.1 Å². The summed E-state index contributed by atoms with van der Waals surface area (Å²) < 4.78 is 30.7. The highest BCUT2D eigenvalue weighted by molar-refractivity contribution is 7.99. The monoisotopic (exact) mass is 495 g/mol. The summed E-state index contributed by atoms with van der Waals surface area (Å²) in [5.74, 6) is 0.108. The number of hydrogen-bond donors (Lipinski definition) is 0. The summed E-state index contributed by atoms with van der Waals surface area (Å²) in [7, 11) is 1.33. The molecule has 1 saturated heterocycles. The van der Waals surface area contributed by atoms with Gasteiger partial charge in [0.15, 0.2) is 22.1 Å². The molecular weight excluding hydrogens is 462 g/mol. The van der Waals surface area contributed by atoms with Crippen LogP contribution in [0.3, 0.4) is 0 Å². The molecule has 2 fully saturated rings. The average molecular weight is 496 g/mol. The van der Waals surface area contributed by atoms with Gasteiger partial charge in [-0.15, -0.1) is 5.10 Å². The number of hydrogen-bond acceptors (Lipinski definition) is 11. The molecule has 0 radical (unpaired) electrons. The van der Waals surface area contributed by atoms with E-state index in [0.29, 0.717) is 35.2 Å². The molecule has 0 aromatic carbocycles. The maximum Gasteiger partial charge on any atom is 0.331 e. The van der Waals surface area contributed by atoms with Gasteiger partial charge in [-0.3, -0.25) is 0 Å². The van der Waals surface area contributed by atoms with Gasteiger partial charge in [-0.05, 0) is 26.7 Å². The van der Waals surface area contributed by atoms with Crippen LogP contribution in [0.1, 0.15) is 59.4 Å². The third-order valence-electron chi connectivity index (χ3n) is 5.78. The number of carbonyl (C=O) groups excluding carboxylic acids is 1. The Morgan fingerprint density at radius 2 is 2.00 bits per heavy atom. The average Bonchev–Trinajstić information content (AvgIpc) is 3.46. The van der Waals surface area contributed by atoms with E-state index < -0.39 is 11.8 Å². The fourth-order valence-electron chi connectivity index (χ4n) is 4.23. The Morgan fingerprint density at radius 1 is 1.21 bits per heavy atom. The number of carbonyl (C=O) groups is 1. The summed E-state index contributed by atoms with van der Waals surface area (Å²) in [5, 5.41) is 9.43. The van der Waals surface area contributed by atoms with Gasteiger partial charge in [-0.1, -0.05) is 37.2 Å². The Morgan fingerprint density at radius 3 is 2.74 bits per heavy atom. The molecule has 4 atom stereocenters. The van der Waals surface area contributed by atoms with Gasteiger partial charge in [0.2, 0.25) is 5.88 Å². The Bertz CT molecular complexity index is 1000. The van der Waals surface area contributed by atoms with Crippen LogP contribution in [0.2, 0.25) is 0 Å². The van der Waals surface area contributed by atoms with Crippen molar-refractivity contribution in [1.82, 2.24) is 25.0 Å². The highest BCUT2D eigenvalue weighted by atomic mass is 32.2. The molecule has 0 unspecified atom stereocenters. The molecule has 2 aliphatic rings. The van der Waals surface area contributed by atoms with Crippen LogP contribution < -0.4 is 4.74 Å². The number of thioether (sulfide) groups is 1. The van der Waals surface area contributed by atoms with Gasteiger partial charge in [0.05, 0.1) is 25.9 Å². The van der Waals surface area contributed by atoms with E-state index in [1.165, 1.54) is 7.11 Å². The molecule has 0 bridgehead atoms. The molecule has 12 heteroatoms. The van der Waals surface area contributed by atoms with Crippen molar-refractivity contribution < 1.29 is 28.5 Å². The highest BCUT2D eigenvalue weighted by Crippen LogP contribution is 2.45. The number of nitrogens with zero attached hydrogens (tertiary/aromatic N) is 5. The third kappa shape index (κ3) is 5.29. The quantitative estimate of drug-likeness (QED) is 0.198. The number of ether oxygens (including phenoxy) is 5. The van der Waals surface area contributed by atoms with E-state index in [-0.39, 0.29) is 31.0 Å². The normalized spacial score (nSPS) is 25.6. The predicted octanol–water partition coefficient (Wildman–Crippen LogP) is 2.93. The van der Waals surface area contributed by atoms with Crippen LogP contribution >= 0.6 is 11.8 Å². The maximum atomic E-state index is 11.7. The fourth-order valence-corrected chi connectivity index (χ4v) is 4.91. The van der Waals surface area contributed by atoms with Gasteiger partial charge in [-0.25, -0.2) is 14.5 Å². The predicted molar refractivity (Wildman–Crippen MR) is 124 cm³/mol. The third-order valence-corrected chi connectivity index (χ3v) is 6.84. The SMILES string of the molecule is CCCCOc1nc(SCCC)nc2c1nnn2[C@@H]1C[C@H](OCC(=O)OC)[C@H]2OC(C)(C)O[C@H]21. The lowest BCUT2D eigenvalue weighted by Gasteiger charge is -2.23. The summed E-state index contributed by atoms with van der Waals surface area (Å²) in [6, 6.07) is -0.248. The molecule has 0 spiro atoms. The van der Waals surface area contributed by atoms with Gasteiger partial charge >= 0.3 is 5.97 Å². The van der Waals surface area contributed by atoms with Crippen molar-refractivity contribution in [2.45, 2.75) is 88.7 Å². The summed E-state index contributed by atoms with van der Waals surface area (Å²) in [4.78, 5) is 21.0. The van der Waals surface area contributed by atoms with E-state index in [1.807, 2.05) is 13.8 Å². The Labute approximate surface area is 203 Å². The Kier molecular flexibility index (Phi) is 7.90. The van der Waals surface area contributed by atoms with Gasteiger partial charge in [-0.2, -0.15) is 4.98 Å². The van der Waals surface area contributed by atoms with E-state index in [4.69, 9.17) is 28.7 Å². The zero-order valence-corrected chi connectivity index (χ0v) is 21.2. The minimum absolute atomic E-state index is 0.158. The second-order valence-electron chi connectivity index (χ2n) is 8.86. The minimum Gasteiger partial charge on any atom is -0.476 e. The van der Waals surface area contributed by atoms with E-state index >= 15 is 0 Å². The number of aromatic nitrogens is 5. The van der Waals surface area contributed by atoms with E-state index in [9.17, 15) is 4.79 Å². The molecule has 4 rings (SSSR count). The molecule has 2 aromatic rings. The van der Waals surface area contributed by atoms with Gasteiger partial charge in [0, 0.05) is 12.2 Å². The van der Waals surface area contributed by atoms with Crippen LogP contribution in [-0.4, -0.2) is 81.1 Å². The largest absolute Gasteiger partial charge is 0.476 e. The van der Waals surface area contributed by atoms with Crippen LogP contribution in [0.4, 0.5) is 0 Å². The summed E-state index contributed by atoms with van der Waals surface area (Å²) >= 11 is 1.57. The van der Waals surface area contributed by atoms with Gasteiger partial charge in [0.25, 0.3) is 0 Å². The second-order valence-corrected chi connectivity index (χ2v) is 9.92. The second kappa shape index (κ2) is 10.7. The highest BCUT2D eigenvalue weighted by Gasteiger charge is 2.56. The first-order valence-electron chi connectivity index (χ1n) is 11.8. The van der Waals surface area contributed by atoms with Crippen molar-refractivity contribution in [1.29, 1.82) is 0 Å². The minimum atomic E-state index is -0.789. The standard InChI is InChI=1S/C22H33N5O6S/c1-6-8-9-30-20-16-19(23-21(24-20)34-10-7-2)27(26-25-16)13-11-14(31-12-15(28)29-5)18-17(13)32-22(3,4)33-18/h13-14,17-18H,6-12H2,1-5H3/t13-,14+,17+,18-/m1/s1. The lowest BCUT2D eigenvalue weighted by atomic mass is 10.2. The fraction of sp³-hybridized carbons (Fsp3) is 0.773. The molecule has 0 amide bonds. The van der Waals surface area contributed by atoms with Crippen molar-refractivity contribution in [3.63, 3.8) is 0 Å². The number of rotatable bonds is 11. The summed E-state index contributed by atoms with van der Waals surface area (Å²) in [5.41, 5.74) is 1.11. The van der Waals surface area contributed by atoms with Crippen molar-refractivity contribution in [2.75, 3.05) is 26.1 Å². The van der Waals surface area contributed by atoms with Crippen LogP contribution in [0.5, 0.6) is 5.88 Å². The maximum absolute atomic E-state index is 11.7. The number of fused-ring (bicyclic) bond motifs is 2. The Balaban J connectivity index is 1.67. The first-order valence-corrected chi connectivity index (χ1v) is 12.8. The van der Waals surface area contributed by atoms with Gasteiger partial charge < -0.3 is 23.7 Å². The van der Waals surface area contributed by atoms with Crippen molar-refractivity contribution in [2.24, 2.45) is 0 Å². The van der Waals surface area contributed by atoms with Crippen LogP contribution in [0.25, 0.3) is 11.2 Å². The van der Waals surface area contributed by atoms with Gasteiger partial charge in [0.1, 0.15) is 18.8 Å². The zero-order valence-electron chi connectivity index (χ0n) is 20.4. The topological polar surface area (TPSA) is 120 Å². The molecule has 2 aromatic heterocycles. The molecule has 0 N–H and O–H groups in total. The van der Waals surface area contributed by atoms with E-state index in [0.717, 1.165) is 25.0 Å².